The Morgan fingerprint density at radius 3 is 2.45 bits per heavy atom. The van der Waals surface area contributed by atoms with Gasteiger partial charge < -0.3 is 15.5 Å². The predicted octanol–water partition coefficient (Wildman–Crippen LogP) is 7.78. The van der Waals surface area contributed by atoms with Crippen molar-refractivity contribution in [3.63, 3.8) is 0 Å². The summed E-state index contributed by atoms with van der Waals surface area (Å²) < 4.78 is 41.0. The summed E-state index contributed by atoms with van der Waals surface area (Å²) in [6.45, 7) is 12.2. The van der Waals surface area contributed by atoms with Crippen molar-refractivity contribution in [2.24, 2.45) is 4.99 Å². The van der Waals surface area contributed by atoms with Gasteiger partial charge in [-0.15, -0.1) is 0 Å². The number of carbonyl (C=O) groups is 1. The number of unbranched alkanes of at least 4 members (excludes halogenated alkanes) is 1. The Morgan fingerprint density at radius 2 is 1.80 bits per heavy atom. The Morgan fingerprint density at radius 1 is 1.02 bits per heavy atom. The van der Waals surface area contributed by atoms with Crippen LogP contribution >= 0.6 is 0 Å². The zero-order chi connectivity index (χ0) is 29.5. The number of alkyl halides is 3. The van der Waals surface area contributed by atoms with E-state index in [2.05, 4.69) is 41.0 Å². The molecule has 1 amide bonds. The number of nitrogens with zero attached hydrogens (tertiary/aromatic N) is 2. The summed E-state index contributed by atoms with van der Waals surface area (Å²) in [6, 6.07) is 9.24. The Labute approximate surface area is 237 Å². The highest BCUT2D eigenvalue weighted by Crippen LogP contribution is 2.32. The fourth-order valence-electron chi connectivity index (χ4n) is 4.45. The first-order valence-electron chi connectivity index (χ1n) is 14.0. The van der Waals surface area contributed by atoms with Crippen molar-refractivity contribution < 1.29 is 18.0 Å². The molecule has 0 aliphatic rings. The van der Waals surface area contributed by atoms with Gasteiger partial charge in [0.05, 0.1) is 11.3 Å². The zero-order valence-corrected chi connectivity index (χ0v) is 24.2. The van der Waals surface area contributed by atoms with Gasteiger partial charge in [0.1, 0.15) is 0 Å². The maximum atomic E-state index is 13.7. The molecule has 2 aromatic rings. The number of hydrogen-bond acceptors (Lipinski definition) is 4. The van der Waals surface area contributed by atoms with Crippen LogP contribution in [-0.4, -0.2) is 37.2 Å². The number of nitrogens with one attached hydrogen (secondary N) is 2. The number of benzene rings is 2. The molecule has 5 nitrogen and oxygen atoms in total. The van der Waals surface area contributed by atoms with Crippen molar-refractivity contribution in [2.75, 3.05) is 25.5 Å². The number of amides is 1. The third-order valence-electron chi connectivity index (χ3n) is 6.49. The molecule has 0 aromatic heterocycles. The number of hydrogen-bond donors (Lipinski definition) is 2. The molecule has 0 bridgehead atoms. The number of carbonyl (C=O) groups excluding carboxylic acids is 1. The summed E-state index contributed by atoms with van der Waals surface area (Å²) in [5.74, 6) is -0.453. The van der Waals surface area contributed by atoms with Crippen molar-refractivity contribution in [2.45, 2.75) is 72.0 Å². The Balaban J connectivity index is 2.23. The van der Waals surface area contributed by atoms with Gasteiger partial charge in [0.15, 0.2) is 0 Å². The lowest BCUT2D eigenvalue weighted by atomic mass is 9.99. The number of aryl methyl sites for hydroxylation is 2. The Kier molecular flexibility index (Phi) is 13.7. The van der Waals surface area contributed by atoms with E-state index in [1.165, 1.54) is 6.07 Å². The van der Waals surface area contributed by atoms with Crippen molar-refractivity contribution in [3.05, 3.63) is 88.8 Å². The van der Waals surface area contributed by atoms with Crippen LogP contribution in [0.4, 0.5) is 18.9 Å². The molecule has 2 aromatic carbocycles. The van der Waals surface area contributed by atoms with Gasteiger partial charge in [0.2, 0.25) is 0 Å². The first-order valence-corrected chi connectivity index (χ1v) is 14.0. The molecule has 0 aliphatic heterocycles. The highest BCUT2D eigenvalue weighted by atomic mass is 19.4. The summed E-state index contributed by atoms with van der Waals surface area (Å²) in [4.78, 5) is 19.5. The molecule has 0 unspecified atom stereocenters. The second-order valence-electron chi connectivity index (χ2n) is 9.91. The molecule has 0 radical (unpaired) electrons. The molecule has 0 aliphatic carbocycles. The van der Waals surface area contributed by atoms with E-state index in [0.29, 0.717) is 24.1 Å². The molecule has 0 heterocycles. The van der Waals surface area contributed by atoms with E-state index in [1.54, 1.807) is 36.7 Å². The topological polar surface area (TPSA) is 56.7 Å². The molecule has 0 saturated heterocycles. The predicted molar refractivity (Wildman–Crippen MR) is 160 cm³/mol. The molecule has 0 saturated carbocycles. The minimum Gasteiger partial charge on any atom is -0.380 e. The Bertz CT molecular complexity index is 1170. The van der Waals surface area contributed by atoms with E-state index in [1.807, 2.05) is 20.0 Å². The van der Waals surface area contributed by atoms with E-state index in [0.717, 1.165) is 68.1 Å². The molecular weight excluding hydrogens is 513 g/mol. The van der Waals surface area contributed by atoms with Gasteiger partial charge in [-0.1, -0.05) is 32.9 Å². The van der Waals surface area contributed by atoms with Crippen LogP contribution in [0.25, 0.3) is 0 Å². The van der Waals surface area contributed by atoms with Crippen molar-refractivity contribution in [3.8, 4) is 0 Å². The van der Waals surface area contributed by atoms with Crippen molar-refractivity contribution in [1.29, 1.82) is 0 Å². The molecular formula is C32H43F3N4O. The largest absolute Gasteiger partial charge is 0.416 e. The third-order valence-corrected chi connectivity index (χ3v) is 6.49. The molecule has 2 rings (SSSR count). The van der Waals surface area contributed by atoms with E-state index >= 15 is 0 Å². The van der Waals surface area contributed by atoms with E-state index in [-0.39, 0.29) is 5.69 Å². The number of aliphatic imine (C=N–C) groups is 1. The summed E-state index contributed by atoms with van der Waals surface area (Å²) in [5.41, 5.74) is 3.09. The highest BCUT2D eigenvalue weighted by Gasteiger charge is 2.31. The third kappa shape index (κ3) is 11.0. The SMILES string of the molecule is C=C/C(=C\N=CC)NCc1cc(C(=O)Nc2cc(CCCCN(C)CCC)cc(C(F)(F)F)c2)ccc1CCC. The second-order valence-corrected chi connectivity index (χ2v) is 9.91. The van der Waals surface area contributed by atoms with Crippen LogP contribution in [-0.2, 0) is 25.6 Å². The molecule has 0 fully saturated rings. The first-order chi connectivity index (χ1) is 19.1. The van der Waals surface area contributed by atoms with Gasteiger partial charge in [0.25, 0.3) is 5.91 Å². The van der Waals surface area contributed by atoms with Crippen LogP contribution in [0.1, 0.15) is 79.1 Å². The molecule has 0 atom stereocenters. The van der Waals surface area contributed by atoms with Gasteiger partial charge in [-0.2, -0.15) is 13.2 Å². The van der Waals surface area contributed by atoms with Gasteiger partial charge in [-0.3, -0.25) is 9.79 Å². The summed E-state index contributed by atoms with van der Waals surface area (Å²) in [6.07, 6.45) is 5.50. The zero-order valence-electron chi connectivity index (χ0n) is 24.2. The van der Waals surface area contributed by atoms with Crippen LogP contribution in [0.3, 0.4) is 0 Å². The van der Waals surface area contributed by atoms with Gasteiger partial charge >= 0.3 is 6.18 Å². The van der Waals surface area contributed by atoms with Crippen LogP contribution in [0.2, 0.25) is 0 Å². The van der Waals surface area contributed by atoms with Crippen LogP contribution in [0.5, 0.6) is 0 Å². The number of halogens is 3. The monoisotopic (exact) mass is 556 g/mol. The van der Waals surface area contributed by atoms with Crippen molar-refractivity contribution in [1.82, 2.24) is 10.2 Å². The lowest BCUT2D eigenvalue weighted by Crippen LogP contribution is -2.20. The van der Waals surface area contributed by atoms with Gasteiger partial charge in [-0.25, -0.2) is 0 Å². The van der Waals surface area contributed by atoms with Gasteiger partial charge in [0, 0.05) is 30.2 Å². The average molecular weight is 557 g/mol. The van der Waals surface area contributed by atoms with Gasteiger partial charge in [-0.05, 0) is 112 Å². The maximum absolute atomic E-state index is 13.7. The highest BCUT2D eigenvalue weighted by molar-refractivity contribution is 6.04. The second kappa shape index (κ2) is 16.7. The minimum atomic E-state index is -4.50. The molecule has 40 heavy (non-hydrogen) atoms. The number of anilines is 1. The Hall–Kier alpha value is -3.39. The minimum absolute atomic E-state index is 0.143. The lowest BCUT2D eigenvalue weighted by Gasteiger charge is -2.16. The smallest absolute Gasteiger partial charge is 0.380 e. The fourth-order valence-corrected chi connectivity index (χ4v) is 4.45. The van der Waals surface area contributed by atoms with Crippen LogP contribution < -0.4 is 10.6 Å². The summed E-state index contributed by atoms with van der Waals surface area (Å²) in [7, 11) is 2.05. The average Bonchev–Trinajstić information content (AvgIpc) is 2.91. The molecule has 218 valence electrons. The molecule has 0 spiro atoms. The first kappa shape index (κ1) is 32.8. The van der Waals surface area contributed by atoms with E-state index in [4.69, 9.17) is 0 Å². The van der Waals surface area contributed by atoms with Crippen molar-refractivity contribution >= 4 is 17.8 Å². The fraction of sp³-hybridized carbons (Fsp3) is 0.438. The molecule has 2 N–H and O–H groups in total. The van der Waals surface area contributed by atoms with E-state index in [9.17, 15) is 18.0 Å². The number of allylic oxidation sites excluding steroid dienone is 1. The van der Waals surface area contributed by atoms with Crippen LogP contribution in [0, 0.1) is 0 Å². The maximum Gasteiger partial charge on any atom is 0.416 e. The lowest BCUT2D eigenvalue weighted by molar-refractivity contribution is -0.137. The molecule has 8 heteroatoms. The van der Waals surface area contributed by atoms with Crippen LogP contribution in [0.15, 0.2) is 65.9 Å². The summed E-state index contributed by atoms with van der Waals surface area (Å²) >= 11 is 0. The summed E-state index contributed by atoms with van der Waals surface area (Å²) in [5, 5.41) is 5.98. The normalized spacial score (nSPS) is 12.2. The number of rotatable bonds is 16. The standard InChI is InChI=1S/C32H43F3N4O/c1-6-12-25-14-15-26(20-27(25)22-37-29(8-3)23-36-9-4)31(40)38-30-19-24(18-28(21-30)32(33,34)35)13-10-11-17-39(5)16-7-2/h8-9,14-15,18-21,23,37H,3,6-7,10-13,16-17,22H2,1-2,4-5H3,(H,38,40)/b29-23+,36-9?. The van der Waals surface area contributed by atoms with E-state index < -0.39 is 17.6 Å². The quantitative estimate of drug-likeness (QED) is 0.126.